The number of aliphatic carboxylic acids is 1. The van der Waals surface area contributed by atoms with E-state index < -0.39 is 5.97 Å². The van der Waals surface area contributed by atoms with Crippen LogP contribution in [0.2, 0.25) is 0 Å². The van der Waals surface area contributed by atoms with Crippen molar-refractivity contribution in [3.63, 3.8) is 0 Å². The number of hydrogen-bond donors (Lipinski definition) is 2. The van der Waals surface area contributed by atoms with Crippen molar-refractivity contribution in [2.45, 2.75) is 6.92 Å². The molecule has 0 bridgehead atoms. The Morgan fingerprint density at radius 3 is 2.73 bits per heavy atom. The molecule has 1 unspecified atom stereocenters. The molecule has 1 atom stereocenters. The van der Waals surface area contributed by atoms with Gasteiger partial charge in [-0.15, -0.1) is 0 Å². The lowest BCUT2D eigenvalue weighted by molar-refractivity contribution is -0.140. The standard InChI is InChI=1S/C7H15NO2S/c1-3-11-5-6(4-8-2)7(9)10/h6,8H,3-5H2,1-2H3,(H,9,10). The van der Waals surface area contributed by atoms with Gasteiger partial charge in [-0.25, -0.2) is 0 Å². The number of carboxylic acid groups (broad SMARTS) is 1. The first-order valence-electron chi connectivity index (χ1n) is 3.67. The van der Waals surface area contributed by atoms with Gasteiger partial charge in [0.2, 0.25) is 0 Å². The molecule has 11 heavy (non-hydrogen) atoms. The maximum absolute atomic E-state index is 10.5. The first kappa shape index (κ1) is 10.8. The molecule has 0 aromatic rings. The van der Waals surface area contributed by atoms with Crippen molar-refractivity contribution in [1.82, 2.24) is 5.32 Å². The summed E-state index contributed by atoms with van der Waals surface area (Å²) in [5.74, 6) is 0.727. The van der Waals surface area contributed by atoms with Gasteiger partial charge in [-0.05, 0) is 12.8 Å². The molecule has 0 aromatic heterocycles. The fraction of sp³-hybridized carbons (Fsp3) is 0.857. The van der Waals surface area contributed by atoms with E-state index >= 15 is 0 Å². The minimum Gasteiger partial charge on any atom is -0.481 e. The quantitative estimate of drug-likeness (QED) is 0.626. The van der Waals surface area contributed by atoms with Gasteiger partial charge >= 0.3 is 5.97 Å². The average Bonchev–Trinajstić information content (AvgIpc) is 1.97. The fourth-order valence-electron chi connectivity index (χ4n) is 0.724. The van der Waals surface area contributed by atoms with Crippen LogP contribution in [-0.2, 0) is 4.79 Å². The molecule has 4 heteroatoms. The summed E-state index contributed by atoms with van der Waals surface area (Å²) in [6.07, 6.45) is 0. The first-order chi connectivity index (χ1) is 5.22. The number of hydrogen-bond acceptors (Lipinski definition) is 3. The van der Waals surface area contributed by atoms with Gasteiger partial charge in [0.25, 0.3) is 0 Å². The highest BCUT2D eigenvalue weighted by atomic mass is 32.2. The number of nitrogens with one attached hydrogen (secondary N) is 1. The van der Waals surface area contributed by atoms with Crippen LogP contribution < -0.4 is 5.32 Å². The van der Waals surface area contributed by atoms with E-state index in [1.807, 2.05) is 6.92 Å². The Morgan fingerprint density at radius 1 is 1.73 bits per heavy atom. The van der Waals surface area contributed by atoms with E-state index in [2.05, 4.69) is 5.32 Å². The van der Waals surface area contributed by atoms with E-state index in [1.54, 1.807) is 18.8 Å². The molecule has 0 aromatic carbocycles. The number of carboxylic acids is 1. The summed E-state index contributed by atoms with van der Waals surface area (Å²) in [5, 5.41) is 11.5. The molecule has 0 fully saturated rings. The van der Waals surface area contributed by atoms with Crippen LogP contribution in [0.25, 0.3) is 0 Å². The summed E-state index contributed by atoms with van der Waals surface area (Å²) in [6, 6.07) is 0. The lowest BCUT2D eigenvalue weighted by Gasteiger charge is -2.09. The van der Waals surface area contributed by atoms with E-state index in [9.17, 15) is 4.79 Å². The number of carbonyl (C=O) groups is 1. The third-order valence-electron chi connectivity index (χ3n) is 1.32. The first-order valence-corrected chi connectivity index (χ1v) is 4.83. The van der Waals surface area contributed by atoms with Gasteiger partial charge in [0.15, 0.2) is 0 Å². The molecule has 0 saturated carbocycles. The van der Waals surface area contributed by atoms with Crippen LogP contribution in [0.1, 0.15) is 6.92 Å². The highest BCUT2D eigenvalue weighted by Gasteiger charge is 2.15. The Bertz CT molecular complexity index is 119. The predicted octanol–water partition coefficient (Wildman–Crippen LogP) is 0.660. The van der Waals surface area contributed by atoms with Crippen molar-refractivity contribution < 1.29 is 9.90 Å². The van der Waals surface area contributed by atoms with Crippen molar-refractivity contribution >= 4 is 17.7 Å². The third kappa shape index (κ3) is 5.09. The Kier molecular flexibility index (Phi) is 6.36. The fourth-order valence-corrected chi connectivity index (χ4v) is 1.50. The van der Waals surface area contributed by atoms with Gasteiger partial charge in [-0.3, -0.25) is 4.79 Å². The normalized spacial score (nSPS) is 12.9. The molecule has 0 radical (unpaired) electrons. The second-order valence-corrected chi connectivity index (χ2v) is 3.57. The SMILES string of the molecule is CCSCC(CNC)C(=O)O. The molecule has 0 aliphatic carbocycles. The Morgan fingerprint density at radius 2 is 2.36 bits per heavy atom. The molecule has 0 spiro atoms. The third-order valence-corrected chi connectivity index (χ3v) is 2.37. The van der Waals surface area contributed by atoms with Crippen LogP contribution in [0.5, 0.6) is 0 Å². The highest BCUT2D eigenvalue weighted by molar-refractivity contribution is 7.99. The van der Waals surface area contributed by atoms with Crippen LogP contribution in [-0.4, -0.2) is 36.2 Å². The summed E-state index contributed by atoms with van der Waals surface area (Å²) in [4.78, 5) is 10.5. The maximum atomic E-state index is 10.5. The lowest BCUT2D eigenvalue weighted by atomic mass is 10.2. The molecule has 0 heterocycles. The lowest BCUT2D eigenvalue weighted by Crippen LogP contribution is -2.27. The molecular formula is C7H15NO2S. The Balaban J connectivity index is 3.60. The van der Waals surface area contributed by atoms with Crippen LogP contribution >= 0.6 is 11.8 Å². The van der Waals surface area contributed by atoms with Crippen molar-refractivity contribution in [1.29, 1.82) is 0 Å². The molecule has 0 aliphatic rings. The van der Waals surface area contributed by atoms with Crippen molar-refractivity contribution in [3.05, 3.63) is 0 Å². The molecular weight excluding hydrogens is 162 g/mol. The smallest absolute Gasteiger partial charge is 0.308 e. The van der Waals surface area contributed by atoms with E-state index in [0.717, 1.165) is 5.75 Å². The van der Waals surface area contributed by atoms with Crippen LogP contribution in [0.4, 0.5) is 0 Å². The Hall–Kier alpha value is -0.220. The van der Waals surface area contributed by atoms with Crippen molar-refractivity contribution in [2.75, 3.05) is 25.1 Å². The van der Waals surface area contributed by atoms with Crippen molar-refractivity contribution in [3.8, 4) is 0 Å². The molecule has 0 rings (SSSR count). The molecule has 0 saturated heterocycles. The summed E-state index contributed by atoms with van der Waals surface area (Å²) in [7, 11) is 1.77. The van der Waals surface area contributed by atoms with E-state index in [4.69, 9.17) is 5.11 Å². The van der Waals surface area contributed by atoms with Gasteiger partial charge in [0, 0.05) is 12.3 Å². The second-order valence-electron chi connectivity index (χ2n) is 2.25. The zero-order valence-electron chi connectivity index (χ0n) is 6.96. The largest absolute Gasteiger partial charge is 0.481 e. The Labute approximate surface area is 71.6 Å². The van der Waals surface area contributed by atoms with Gasteiger partial charge in [0.05, 0.1) is 5.92 Å². The summed E-state index contributed by atoms with van der Waals surface area (Å²) < 4.78 is 0. The van der Waals surface area contributed by atoms with Crippen molar-refractivity contribution in [2.24, 2.45) is 5.92 Å². The minimum absolute atomic E-state index is 0.245. The van der Waals surface area contributed by atoms with Crippen LogP contribution in [0, 0.1) is 5.92 Å². The van der Waals surface area contributed by atoms with E-state index in [0.29, 0.717) is 12.3 Å². The maximum Gasteiger partial charge on any atom is 0.308 e. The number of thioether (sulfide) groups is 1. The van der Waals surface area contributed by atoms with Gasteiger partial charge < -0.3 is 10.4 Å². The monoisotopic (exact) mass is 177 g/mol. The predicted molar refractivity (Wildman–Crippen MR) is 48.1 cm³/mol. The van der Waals surface area contributed by atoms with Gasteiger partial charge in [-0.2, -0.15) is 11.8 Å². The molecule has 0 aliphatic heterocycles. The summed E-state index contributed by atoms with van der Waals surface area (Å²) in [5.41, 5.74) is 0. The topological polar surface area (TPSA) is 49.3 Å². The summed E-state index contributed by atoms with van der Waals surface area (Å²) in [6.45, 7) is 2.59. The molecule has 3 nitrogen and oxygen atoms in total. The molecule has 2 N–H and O–H groups in total. The van der Waals surface area contributed by atoms with Crippen LogP contribution in [0.3, 0.4) is 0 Å². The minimum atomic E-state index is -0.708. The van der Waals surface area contributed by atoms with Crippen LogP contribution in [0.15, 0.2) is 0 Å². The van der Waals surface area contributed by atoms with E-state index in [1.165, 1.54) is 0 Å². The van der Waals surface area contributed by atoms with Gasteiger partial charge in [0.1, 0.15) is 0 Å². The molecule has 66 valence electrons. The average molecular weight is 177 g/mol. The zero-order valence-corrected chi connectivity index (χ0v) is 7.78. The van der Waals surface area contributed by atoms with E-state index in [-0.39, 0.29) is 5.92 Å². The number of rotatable bonds is 6. The summed E-state index contributed by atoms with van der Waals surface area (Å²) >= 11 is 1.66. The van der Waals surface area contributed by atoms with Gasteiger partial charge in [-0.1, -0.05) is 6.92 Å². The second kappa shape index (κ2) is 6.49. The zero-order chi connectivity index (χ0) is 8.69. The highest BCUT2D eigenvalue weighted by Crippen LogP contribution is 2.07. The molecule has 0 amide bonds.